The summed E-state index contributed by atoms with van der Waals surface area (Å²) in [6.07, 6.45) is 2.27. The molecule has 2 N–H and O–H groups in total. The summed E-state index contributed by atoms with van der Waals surface area (Å²) in [5.74, 6) is -0.131. The number of aliphatic carboxylic acids is 1. The molecule has 1 aromatic carbocycles. The van der Waals surface area contributed by atoms with Gasteiger partial charge in [-0.15, -0.1) is 0 Å². The Bertz CT molecular complexity index is 564. The topological polar surface area (TPSA) is 75.6 Å². The lowest BCUT2D eigenvalue weighted by Gasteiger charge is -2.31. The third kappa shape index (κ3) is 3.78. The van der Waals surface area contributed by atoms with E-state index in [-0.39, 0.29) is 18.7 Å². The van der Waals surface area contributed by atoms with E-state index >= 15 is 0 Å². The third-order valence-corrected chi connectivity index (χ3v) is 4.37. The van der Waals surface area contributed by atoms with Crippen LogP contribution in [0.5, 0.6) is 5.75 Å². The number of carbonyl (C=O) groups excluding carboxylic acids is 1. The fraction of sp³-hybridized carbons (Fsp3) is 0.529. The van der Waals surface area contributed by atoms with E-state index in [1.165, 1.54) is 0 Å². The number of benzene rings is 1. The largest absolute Gasteiger partial charge is 0.493 e. The van der Waals surface area contributed by atoms with Gasteiger partial charge in [0.15, 0.2) is 0 Å². The molecule has 0 saturated heterocycles. The minimum Gasteiger partial charge on any atom is -0.493 e. The van der Waals surface area contributed by atoms with Gasteiger partial charge in [-0.3, -0.25) is 9.59 Å². The standard InChI is InChI=1S/C17H23NO4/c1-3-17(4-2,11-16(20)21)18-15(19)10-12-5-6-14-13(9-12)7-8-22-14/h5-6,9H,3-4,7-8,10-11H2,1-2H3,(H,18,19)(H,20,21). The second-order valence-electron chi connectivity index (χ2n) is 5.82. The zero-order valence-corrected chi connectivity index (χ0v) is 13.1. The summed E-state index contributed by atoms with van der Waals surface area (Å²) < 4.78 is 5.45. The van der Waals surface area contributed by atoms with Crippen LogP contribution in [0.1, 0.15) is 44.2 Å². The summed E-state index contributed by atoms with van der Waals surface area (Å²) in [4.78, 5) is 23.3. The molecule has 5 nitrogen and oxygen atoms in total. The first-order valence-electron chi connectivity index (χ1n) is 7.75. The van der Waals surface area contributed by atoms with E-state index in [0.717, 1.165) is 23.3 Å². The van der Waals surface area contributed by atoms with Gasteiger partial charge in [0.25, 0.3) is 0 Å². The van der Waals surface area contributed by atoms with E-state index in [1.807, 2.05) is 32.0 Å². The van der Waals surface area contributed by atoms with Crippen LogP contribution in [-0.4, -0.2) is 29.1 Å². The Kier molecular flexibility index (Phi) is 5.06. The van der Waals surface area contributed by atoms with Gasteiger partial charge in [-0.2, -0.15) is 0 Å². The van der Waals surface area contributed by atoms with Gasteiger partial charge in [0.05, 0.1) is 19.4 Å². The highest BCUT2D eigenvalue weighted by Crippen LogP contribution is 2.26. The minimum absolute atomic E-state index is 0.0518. The molecule has 1 aromatic rings. The van der Waals surface area contributed by atoms with Crippen molar-refractivity contribution in [3.8, 4) is 5.75 Å². The number of rotatable bonds is 7. The third-order valence-electron chi connectivity index (χ3n) is 4.37. The average Bonchev–Trinajstić information content (AvgIpc) is 2.93. The Morgan fingerprint density at radius 1 is 1.32 bits per heavy atom. The number of carbonyl (C=O) groups is 2. The molecule has 0 aromatic heterocycles. The Labute approximate surface area is 130 Å². The Morgan fingerprint density at radius 2 is 2.05 bits per heavy atom. The van der Waals surface area contributed by atoms with Crippen LogP contribution in [0.4, 0.5) is 0 Å². The van der Waals surface area contributed by atoms with E-state index in [4.69, 9.17) is 9.84 Å². The molecule has 1 aliphatic rings. The number of hydrogen-bond donors (Lipinski definition) is 2. The molecule has 0 atom stereocenters. The summed E-state index contributed by atoms with van der Waals surface area (Å²) in [5, 5.41) is 12.0. The molecular weight excluding hydrogens is 282 g/mol. The van der Waals surface area contributed by atoms with Gasteiger partial charge in [-0.25, -0.2) is 0 Å². The van der Waals surface area contributed by atoms with Gasteiger partial charge >= 0.3 is 5.97 Å². The van der Waals surface area contributed by atoms with Crippen molar-refractivity contribution in [1.29, 1.82) is 0 Å². The second kappa shape index (κ2) is 6.81. The second-order valence-corrected chi connectivity index (χ2v) is 5.82. The summed E-state index contributed by atoms with van der Waals surface area (Å²) in [6, 6.07) is 5.79. The van der Waals surface area contributed by atoms with Crippen molar-refractivity contribution in [2.75, 3.05) is 6.61 Å². The van der Waals surface area contributed by atoms with Crippen molar-refractivity contribution < 1.29 is 19.4 Å². The van der Waals surface area contributed by atoms with Crippen LogP contribution in [0.2, 0.25) is 0 Å². The van der Waals surface area contributed by atoms with Crippen molar-refractivity contribution in [3.63, 3.8) is 0 Å². The molecule has 1 aliphatic heterocycles. The van der Waals surface area contributed by atoms with Crippen LogP contribution in [0.25, 0.3) is 0 Å². The van der Waals surface area contributed by atoms with Crippen LogP contribution >= 0.6 is 0 Å². The molecular formula is C17H23NO4. The number of nitrogens with one attached hydrogen (secondary N) is 1. The van der Waals surface area contributed by atoms with Gasteiger partial charge in [0.2, 0.25) is 5.91 Å². The van der Waals surface area contributed by atoms with Gasteiger partial charge in [0.1, 0.15) is 5.75 Å². The molecule has 1 amide bonds. The predicted octanol–water partition coefficient (Wildman–Crippen LogP) is 2.31. The Morgan fingerprint density at radius 3 is 2.68 bits per heavy atom. The molecule has 0 radical (unpaired) electrons. The molecule has 5 heteroatoms. The minimum atomic E-state index is -0.890. The van der Waals surface area contributed by atoms with Crippen molar-refractivity contribution in [2.45, 2.75) is 51.5 Å². The number of amides is 1. The molecule has 0 bridgehead atoms. The van der Waals surface area contributed by atoms with Crippen LogP contribution in [0, 0.1) is 0 Å². The van der Waals surface area contributed by atoms with Crippen LogP contribution in [0.3, 0.4) is 0 Å². The quantitative estimate of drug-likeness (QED) is 0.810. The van der Waals surface area contributed by atoms with Crippen LogP contribution in [-0.2, 0) is 22.4 Å². The molecule has 0 aliphatic carbocycles. The first-order chi connectivity index (χ1) is 10.5. The van der Waals surface area contributed by atoms with E-state index in [9.17, 15) is 9.59 Å². The van der Waals surface area contributed by atoms with Crippen molar-refractivity contribution >= 4 is 11.9 Å². The Balaban J connectivity index is 2.03. The Hall–Kier alpha value is -2.04. The maximum atomic E-state index is 12.3. The molecule has 1 heterocycles. The smallest absolute Gasteiger partial charge is 0.305 e. The molecule has 0 unspecified atom stereocenters. The maximum absolute atomic E-state index is 12.3. The maximum Gasteiger partial charge on any atom is 0.305 e. The van der Waals surface area contributed by atoms with Crippen LogP contribution < -0.4 is 10.1 Å². The zero-order chi connectivity index (χ0) is 16.2. The summed E-state index contributed by atoms with van der Waals surface area (Å²) in [6.45, 7) is 4.50. The highest BCUT2D eigenvalue weighted by Gasteiger charge is 2.30. The van der Waals surface area contributed by atoms with Crippen molar-refractivity contribution in [1.82, 2.24) is 5.32 Å². The lowest BCUT2D eigenvalue weighted by molar-refractivity contribution is -0.139. The van der Waals surface area contributed by atoms with Crippen molar-refractivity contribution in [2.24, 2.45) is 0 Å². The highest BCUT2D eigenvalue weighted by molar-refractivity contribution is 5.80. The average molecular weight is 305 g/mol. The molecule has 2 rings (SSSR count). The lowest BCUT2D eigenvalue weighted by Crippen LogP contribution is -2.49. The van der Waals surface area contributed by atoms with E-state index in [1.54, 1.807) is 0 Å². The fourth-order valence-electron chi connectivity index (χ4n) is 2.89. The number of carboxylic acids is 1. The molecule has 22 heavy (non-hydrogen) atoms. The summed E-state index contributed by atoms with van der Waals surface area (Å²) in [5.41, 5.74) is 1.40. The monoisotopic (exact) mass is 305 g/mol. The first kappa shape index (κ1) is 16.3. The summed E-state index contributed by atoms with van der Waals surface area (Å²) >= 11 is 0. The van der Waals surface area contributed by atoms with E-state index < -0.39 is 11.5 Å². The molecule has 0 saturated carbocycles. The van der Waals surface area contributed by atoms with Gasteiger partial charge < -0.3 is 15.2 Å². The number of fused-ring (bicyclic) bond motifs is 1. The van der Waals surface area contributed by atoms with E-state index in [2.05, 4.69) is 5.32 Å². The highest BCUT2D eigenvalue weighted by atomic mass is 16.5. The van der Waals surface area contributed by atoms with Gasteiger partial charge in [-0.1, -0.05) is 26.0 Å². The normalized spacial score (nSPS) is 13.4. The van der Waals surface area contributed by atoms with Gasteiger partial charge in [0, 0.05) is 12.0 Å². The number of hydrogen-bond acceptors (Lipinski definition) is 3. The lowest BCUT2D eigenvalue weighted by atomic mass is 9.88. The van der Waals surface area contributed by atoms with E-state index in [0.29, 0.717) is 19.4 Å². The van der Waals surface area contributed by atoms with Gasteiger partial charge in [-0.05, 0) is 30.0 Å². The SMILES string of the molecule is CCC(CC)(CC(=O)O)NC(=O)Cc1ccc2c(c1)CCO2. The predicted molar refractivity (Wildman–Crippen MR) is 83.1 cm³/mol. The molecule has 0 spiro atoms. The van der Waals surface area contributed by atoms with Crippen LogP contribution in [0.15, 0.2) is 18.2 Å². The number of ether oxygens (including phenoxy) is 1. The first-order valence-corrected chi connectivity index (χ1v) is 7.75. The fourth-order valence-corrected chi connectivity index (χ4v) is 2.89. The molecule has 120 valence electrons. The van der Waals surface area contributed by atoms with Crippen molar-refractivity contribution in [3.05, 3.63) is 29.3 Å². The summed E-state index contributed by atoms with van der Waals surface area (Å²) in [7, 11) is 0. The molecule has 0 fully saturated rings. The number of carboxylic acid groups (broad SMARTS) is 1. The zero-order valence-electron chi connectivity index (χ0n) is 13.1.